The average Bonchev–Trinajstić information content (AvgIpc) is 3.29. The van der Waals surface area contributed by atoms with E-state index in [1.165, 1.54) is 7.11 Å². The van der Waals surface area contributed by atoms with Crippen molar-refractivity contribution in [3.8, 4) is 0 Å². The van der Waals surface area contributed by atoms with E-state index in [0.29, 0.717) is 26.1 Å². The van der Waals surface area contributed by atoms with E-state index in [-0.39, 0.29) is 42.9 Å². The molecule has 1 aromatic carbocycles. The van der Waals surface area contributed by atoms with Gasteiger partial charge in [0.1, 0.15) is 30.5 Å². The number of carbonyl (C=O) groups is 1. The van der Waals surface area contributed by atoms with Crippen LogP contribution in [0.4, 0.5) is 0 Å². The van der Waals surface area contributed by atoms with Gasteiger partial charge in [-0.25, -0.2) is 0 Å². The maximum Gasteiger partial charge on any atom is 0.308 e. The first-order valence-electron chi connectivity index (χ1n) is 10.6. The van der Waals surface area contributed by atoms with Crippen LogP contribution in [0.25, 0.3) is 0 Å². The van der Waals surface area contributed by atoms with Crippen molar-refractivity contribution >= 4 is 5.97 Å². The Morgan fingerprint density at radius 3 is 2.63 bits per heavy atom. The van der Waals surface area contributed by atoms with E-state index in [1.807, 2.05) is 30.3 Å². The molecule has 0 aromatic heterocycles. The molecule has 4 fully saturated rings. The molecular weight excluding hydrogens is 392 g/mol. The first-order chi connectivity index (χ1) is 14.6. The van der Waals surface area contributed by atoms with Crippen LogP contribution in [-0.2, 0) is 39.8 Å². The Kier molecular flexibility index (Phi) is 5.55. The highest BCUT2D eigenvalue weighted by molar-refractivity contribution is 5.69. The summed E-state index contributed by atoms with van der Waals surface area (Å²) in [6.45, 7) is 0.876. The lowest BCUT2D eigenvalue weighted by Gasteiger charge is -2.49. The Labute approximate surface area is 175 Å². The monoisotopic (exact) mass is 420 g/mol. The quantitative estimate of drug-likeness (QED) is 0.522. The van der Waals surface area contributed by atoms with Crippen LogP contribution in [0, 0.1) is 0 Å². The molecule has 0 spiro atoms. The number of fused-ring (bicyclic) bond motifs is 3. The van der Waals surface area contributed by atoms with Gasteiger partial charge in [0.15, 0.2) is 5.79 Å². The number of esters is 1. The highest BCUT2D eigenvalue weighted by atomic mass is 16.8. The zero-order chi connectivity index (χ0) is 20.7. The molecule has 8 nitrogen and oxygen atoms in total. The zero-order valence-corrected chi connectivity index (χ0v) is 17.0. The van der Waals surface area contributed by atoms with Crippen molar-refractivity contribution in [2.45, 2.75) is 80.8 Å². The molecule has 1 aromatic rings. The second-order valence-electron chi connectivity index (χ2n) is 8.43. The third kappa shape index (κ3) is 3.55. The Morgan fingerprint density at radius 1 is 1.10 bits per heavy atom. The molecule has 4 aliphatic heterocycles. The maximum atomic E-state index is 11.6. The molecule has 8 atom stereocenters. The van der Waals surface area contributed by atoms with Crippen molar-refractivity contribution in [3.05, 3.63) is 35.9 Å². The van der Waals surface area contributed by atoms with Crippen LogP contribution in [0.1, 0.15) is 31.2 Å². The van der Waals surface area contributed by atoms with Crippen LogP contribution in [0.5, 0.6) is 0 Å². The minimum absolute atomic E-state index is 0.172. The second kappa shape index (κ2) is 8.18. The van der Waals surface area contributed by atoms with Crippen LogP contribution in [0.15, 0.2) is 30.3 Å². The minimum atomic E-state index is -1.14. The van der Waals surface area contributed by atoms with Crippen LogP contribution < -0.4 is 0 Å². The molecule has 0 saturated carbocycles. The smallest absolute Gasteiger partial charge is 0.308 e. The normalized spacial score (nSPS) is 41.5. The van der Waals surface area contributed by atoms with E-state index in [1.54, 1.807) is 0 Å². The second-order valence-corrected chi connectivity index (χ2v) is 8.43. The zero-order valence-electron chi connectivity index (χ0n) is 17.0. The molecule has 8 heteroatoms. The SMILES string of the molecule is COC(=O)C[C@H]1CC[C@@H]2O[C@@H]3[C@H]4O[C@](CCOCc5ccccc5)(O[C@H]4[C@H]2O1)[C@@H]3O. The number of hydrogen-bond acceptors (Lipinski definition) is 8. The third-order valence-corrected chi connectivity index (χ3v) is 6.55. The predicted molar refractivity (Wildman–Crippen MR) is 102 cm³/mol. The Balaban J connectivity index is 1.21. The highest BCUT2D eigenvalue weighted by Crippen LogP contribution is 2.52. The molecule has 4 saturated heterocycles. The number of methoxy groups -OCH3 is 1. The molecule has 30 heavy (non-hydrogen) atoms. The molecule has 0 aliphatic carbocycles. The van der Waals surface area contributed by atoms with E-state index in [0.717, 1.165) is 12.0 Å². The summed E-state index contributed by atoms with van der Waals surface area (Å²) in [6, 6.07) is 9.92. The lowest BCUT2D eigenvalue weighted by Crippen LogP contribution is -2.65. The van der Waals surface area contributed by atoms with Crippen LogP contribution in [-0.4, -0.2) is 73.3 Å². The number of rotatable bonds is 7. The van der Waals surface area contributed by atoms with E-state index in [2.05, 4.69) is 0 Å². The van der Waals surface area contributed by atoms with Gasteiger partial charge in [-0.1, -0.05) is 30.3 Å². The van der Waals surface area contributed by atoms with Gasteiger partial charge in [-0.15, -0.1) is 0 Å². The molecule has 1 N–H and O–H groups in total. The number of hydrogen-bond donors (Lipinski definition) is 1. The first kappa shape index (κ1) is 20.4. The molecular formula is C22H28O8. The van der Waals surface area contributed by atoms with Gasteiger partial charge in [0.05, 0.1) is 39.0 Å². The largest absolute Gasteiger partial charge is 0.469 e. The number of aliphatic hydroxyl groups excluding tert-OH is 1. The fourth-order valence-electron chi connectivity index (χ4n) is 5.04. The van der Waals surface area contributed by atoms with Crippen molar-refractivity contribution in [1.29, 1.82) is 0 Å². The van der Waals surface area contributed by atoms with Gasteiger partial charge >= 0.3 is 5.97 Å². The van der Waals surface area contributed by atoms with Gasteiger partial charge in [0.2, 0.25) is 0 Å². The maximum absolute atomic E-state index is 11.6. The molecule has 4 heterocycles. The predicted octanol–water partition coefficient (Wildman–Crippen LogP) is 1.33. The van der Waals surface area contributed by atoms with Crippen LogP contribution in [0.3, 0.4) is 0 Å². The minimum Gasteiger partial charge on any atom is -0.469 e. The summed E-state index contributed by atoms with van der Waals surface area (Å²) in [5.74, 6) is -1.43. The van der Waals surface area contributed by atoms with Gasteiger partial charge in [-0.3, -0.25) is 4.79 Å². The third-order valence-electron chi connectivity index (χ3n) is 6.55. The fraction of sp³-hybridized carbons (Fsp3) is 0.682. The van der Waals surface area contributed by atoms with Gasteiger partial charge < -0.3 is 33.5 Å². The number of benzene rings is 1. The summed E-state index contributed by atoms with van der Waals surface area (Å²) in [6.07, 6.45) is -0.670. The first-order valence-corrected chi connectivity index (χ1v) is 10.6. The Morgan fingerprint density at radius 2 is 1.87 bits per heavy atom. The molecule has 0 radical (unpaired) electrons. The molecule has 164 valence electrons. The molecule has 4 aliphatic rings. The van der Waals surface area contributed by atoms with E-state index in [4.69, 9.17) is 28.4 Å². The lowest BCUT2D eigenvalue weighted by atomic mass is 9.85. The molecule has 2 bridgehead atoms. The van der Waals surface area contributed by atoms with Gasteiger partial charge in [-0.2, -0.15) is 0 Å². The van der Waals surface area contributed by atoms with E-state index < -0.39 is 18.0 Å². The van der Waals surface area contributed by atoms with Crippen molar-refractivity contribution in [2.24, 2.45) is 0 Å². The summed E-state index contributed by atoms with van der Waals surface area (Å²) in [5, 5.41) is 10.9. The number of ether oxygens (including phenoxy) is 6. The van der Waals surface area contributed by atoms with Gasteiger partial charge in [0.25, 0.3) is 0 Å². The van der Waals surface area contributed by atoms with Crippen molar-refractivity contribution in [1.82, 2.24) is 0 Å². The topological polar surface area (TPSA) is 92.7 Å². The summed E-state index contributed by atoms with van der Waals surface area (Å²) >= 11 is 0. The summed E-state index contributed by atoms with van der Waals surface area (Å²) in [7, 11) is 1.38. The van der Waals surface area contributed by atoms with Crippen LogP contribution in [0.2, 0.25) is 0 Å². The van der Waals surface area contributed by atoms with E-state index >= 15 is 0 Å². The molecule has 5 rings (SSSR count). The average molecular weight is 420 g/mol. The van der Waals surface area contributed by atoms with Gasteiger partial charge in [-0.05, 0) is 18.4 Å². The van der Waals surface area contributed by atoms with E-state index in [9.17, 15) is 9.90 Å². The Hall–Kier alpha value is -1.55. The summed E-state index contributed by atoms with van der Waals surface area (Å²) < 4.78 is 35.3. The van der Waals surface area contributed by atoms with Crippen molar-refractivity contribution in [3.63, 3.8) is 0 Å². The Bertz CT molecular complexity index is 757. The summed E-state index contributed by atoms with van der Waals surface area (Å²) in [4.78, 5) is 11.6. The lowest BCUT2D eigenvalue weighted by molar-refractivity contribution is -0.301. The number of aliphatic hydroxyl groups is 1. The highest BCUT2D eigenvalue weighted by Gasteiger charge is 2.70. The van der Waals surface area contributed by atoms with Crippen molar-refractivity contribution < 1.29 is 38.3 Å². The van der Waals surface area contributed by atoms with Crippen molar-refractivity contribution in [2.75, 3.05) is 13.7 Å². The van der Waals surface area contributed by atoms with Crippen LogP contribution >= 0.6 is 0 Å². The fourth-order valence-corrected chi connectivity index (χ4v) is 5.04. The summed E-state index contributed by atoms with van der Waals surface area (Å²) in [5.41, 5.74) is 1.09. The number of carbonyl (C=O) groups excluding carboxylic acids is 1. The molecule has 0 amide bonds. The standard InChI is InChI=1S/C22H28O8/c1-25-16(23)11-14-7-8-15-17(27-14)18-19-20(28-15)21(24)22(29-18,30-19)9-10-26-12-13-5-3-2-4-6-13/h2-6,14-15,17-21,24H,7-12H2,1H3/t14-,15+,17+,18+,19+,20-,21-,22+/m1/s1. The van der Waals surface area contributed by atoms with Gasteiger partial charge in [0, 0.05) is 6.42 Å². The molecule has 0 unspecified atom stereocenters.